The third-order valence-electron chi connectivity index (χ3n) is 15.1. The average molecular weight is 1150 g/mol. The lowest BCUT2D eigenvalue weighted by molar-refractivity contribution is -0.177. The van der Waals surface area contributed by atoms with Crippen LogP contribution in [0.25, 0.3) is 44.3 Å². The average Bonchev–Trinajstić information content (AvgIpc) is 4.23. The molecule has 17 nitrogen and oxygen atoms in total. The summed E-state index contributed by atoms with van der Waals surface area (Å²) < 4.78 is 0. The molecule has 0 spiro atoms. The molecule has 0 saturated heterocycles. The van der Waals surface area contributed by atoms with Crippen LogP contribution < -0.4 is 32.3 Å². The summed E-state index contributed by atoms with van der Waals surface area (Å²) in [4.78, 5) is 73.5. The van der Waals surface area contributed by atoms with Gasteiger partial charge in [0.1, 0.15) is 0 Å². The van der Waals surface area contributed by atoms with E-state index in [1.54, 1.807) is 12.4 Å². The van der Waals surface area contributed by atoms with Crippen LogP contribution in [0.3, 0.4) is 0 Å². The van der Waals surface area contributed by atoms with Crippen molar-refractivity contribution in [3.8, 4) is 22.5 Å². The van der Waals surface area contributed by atoms with Crippen molar-refractivity contribution in [1.82, 2.24) is 40.1 Å². The Labute approximate surface area is 486 Å². The smallest absolute Gasteiger partial charge is 0.244 e. The number of H-pyrrole nitrogens is 2. The Balaban J connectivity index is 0.000000176. The zero-order valence-electron chi connectivity index (χ0n) is 44.6. The highest BCUT2D eigenvalue weighted by Crippen LogP contribution is 2.68. The largest absolute Gasteiger partial charge is 0.360 e. The van der Waals surface area contributed by atoms with Crippen LogP contribution >= 0.6 is 34.8 Å². The summed E-state index contributed by atoms with van der Waals surface area (Å²) in [5, 5.41) is 17.9. The van der Waals surface area contributed by atoms with Crippen molar-refractivity contribution >= 4 is 114 Å². The molecule has 0 unspecified atom stereocenters. The fourth-order valence-corrected chi connectivity index (χ4v) is 11.5. The molecule has 14 rings (SSSR count). The molecule has 0 radical (unpaired) electrons. The van der Waals surface area contributed by atoms with E-state index in [0.717, 1.165) is 75.3 Å². The summed E-state index contributed by atoms with van der Waals surface area (Å²) in [5.41, 5.74) is 13.0. The van der Waals surface area contributed by atoms with Gasteiger partial charge in [0.2, 0.25) is 34.9 Å². The van der Waals surface area contributed by atoms with Crippen molar-refractivity contribution in [2.24, 2.45) is 16.6 Å². The number of nitrogens with two attached hydrogens (primary N) is 1. The molecule has 3 amide bonds. The van der Waals surface area contributed by atoms with E-state index in [1.165, 1.54) is 25.7 Å². The molecule has 9 N–H and O–H groups in total. The second kappa shape index (κ2) is 24.8. The van der Waals surface area contributed by atoms with Crippen molar-refractivity contribution in [3.05, 3.63) is 157 Å². The minimum Gasteiger partial charge on any atom is -0.360 e. The summed E-state index contributed by atoms with van der Waals surface area (Å²) in [6, 6.07) is 30.8. The van der Waals surface area contributed by atoms with E-state index in [0.29, 0.717) is 58.3 Å². The monoisotopic (exact) mass is 1150 g/mol. The number of anilines is 6. The molecule has 4 bridgehead atoms. The van der Waals surface area contributed by atoms with Gasteiger partial charge < -0.3 is 47.2 Å². The molecule has 0 aliphatic heterocycles. The van der Waals surface area contributed by atoms with Crippen molar-refractivity contribution < 1.29 is 19.2 Å². The highest BCUT2D eigenvalue weighted by atomic mass is 35.5. The van der Waals surface area contributed by atoms with Crippen LogP contribution in [0, 0.1) is 10.8 Å². The highest BCUT2D eigenvalue weighted by molar-refractivity contribution is 6.66. The Bertz CT molecular complexity index is 3610. The number of nitrogens with zero attached hydrogens (tertiary/aromatic N) is 5. The molecule has 6 fully saturated rings. The Hall–Kier alpha value is -7.93. The van der Waals surface area contributed by atoms with Crippen LogP contribution in [0.2, 0.25) is 10.0 Å². The summed E-state index contributed by atoms with van der Waals surface area (Å²) in [7, 11) is 0. The van der Waals surface area contributed by atoms with Crippen molar-refractivity contribution in [3.63, 3.8) is 0 Å². The van der Waals surface area contributed by atoms with Gasteiger partial charge >= 0.3 is 0 Å². The predicted molar refractivity (Wildman–Crippen MR) is 327 cm³/mol. The molecule has 4 aromatic heterocycles. The first-order valence-corrected chi connectivity index (χ1v) is 27.4. The first-order chi connectivity index (χ1) is 38.4. The number of nitrogens with one attached hydrogen (secondary N) is 7. The summed E-state index contributed by atoms with van der Waals surface area (Å²) in [6.45, 7) is 16.7. The Kier molecular flexibility index (Phi) is 18.2. The number of halogens is 3. The summed E-state index contributed by atoms with van der Waals surface area (Å²) >= 11 is 17.6. The van der Waals surface area contributed by atoms with E-state index in [-0.39, 0.29) is 41.6 Å². The van der Waals surface area contributed by atoms with E-state index in [1.807, 2.05) is 109 Å². The maximum absolute atomic E-state index is 12.9. The van der Waals surface area contributed by atoms with Crippen LogP contribution in [0.5, 0.6) is 0 Å². The van der Waals surface area contributed by atoms with Gasteiger partial charge in [-0.2, -0.15) is 0 Å². The zero-order valence-corrected chi connectivity index (χ0v) is 46.8. The lowest BCUT2D eigenvalue weighted by Crippen LogP contribution is -2.77. The SMILES string of the molecule is C.C=CC(=O)Cl.C=CC(=O)NC12CC(C(=O)Nc3cccc(Nc4ncc(Cl)c(-c5c[nH]c6ccccc56)n4)c3)(C1)C2.CCN(CC)CC.NC12CC(C(=O)Nc3cccc(Nc4ncc(Cl)c(-c5c[nH]c6ccccc56)n4)c3)(C1)C2. The number of hydrogen-bond acceptors (Lipinski definition) is 12. The van der Waals surface area contributed by atoms with Gasteiger partial charge in [0.05, 0.1) is 44.7 Å². The van der Waals surface area contributed by atoms with Crippen molar-refractivity contribution in [1.29, 1.82) is 0 Å². The van der Waals surface area contributed by atoms with Crippen molar-refractivity contribution in [2.45, 2.75) is 77.8 Å². The van der Waals surface area contributed by atoms with Gasteiger partial charge in [-0.1, -0.05) is 113 Å². The van der Waals surface area contributed by atoms with Gasteiger partial charge in [-0.05, 0) is 130 Å². The van der Waals surface area contributed by atoms with Crippen molar-refractivity contribution in [2.75, 3.05) is 40.9 Å². The standard InChI is InChI=1S/C27H23ClN6O2.C24H21ClN6O.C6H15N.C3H3ClO.CH4/c1-2-22(35)34-27-13-26(14-27,15-27)24(36)31-16-6-5-7-17(10-16)32-25-30-12-20(28)23(33-25)19-11-29-21-9-4-3-8-18(19)21;25-18-10-28-22(31-20(18)17-9-27-19-7-2-1-6-16(17)19)30-15-5-3-4-14(8-15)29-21(32)23-11-24(26,12-23)13-23;1-4-7(5-2)6-3;1-2-3(4)5;/h2-12,29H,1,13-15H2,(H,31,36)(H,34,35)(H,30,32,33);1-10,27H,11-13,26H2,(H,29,32)(H,28,30,31);4-6H2,1-3H3;2H,1H2;1H4. The lowest BCUT2D eigenvalue weighted by Gasteiger charge is -2.69. The Morgan fingerprint density at radius 1 is 0.630 bits per heavy atom. The number of rotatable bonds is 16. The van der Waals surface area contributed by atoms with Crippen LogP contribution in [-0.4, -0.2) is 88.5 Å². The summed E-state index contributed by atoms with van der Waals surface area (Å²) in [5.74, 6) is 0.634. The molecule has 8 aromatic rings. The molecule has 4 aromatic carbocycles. The fourth-order valence-electron chi connectivity index (χ4n) is 11.2. The molecule has 0 atom stereocenters. The maximum atomic E-state index is 12.9. The van der Waals surface area contributed by atoms with Gasteiger partial charge in [0, 0.05) is 79.2 Å². The maximum Gasteiger partial charge on any atom is 0.244 e. The van der Waals surface area contributed by atoms with E-state index < -0.39 is 10.7 Å². The normalized spacial score (nSPS) is 20.1. The van der Waals surface area contributed by atoms with Gasteiger partial charge in [0.15, 0.2) is 0 Å². The third kappa shape index (κ3) is 13.0. The number of para-hydroxylation sites is 2. The minimum absolute atomic E-state index is 0. The zero-order chi connectivity index (χ0) is 56.8. The molecule has 6 aliphatic carbocycles. The fraction of sp³-hybridized carbons (Fsp3) is 0.279. The number of fused-ring (bicyclic) bond motifs is 2. The quantitative estimate of drug-likeness (QED) is 0.0333. The number of carbonyl (C=O) groups is 4. The number of carbonyl (C=O) groups excluding carboxylic acids is 4. The first-order valence-electron chi connectivity index (χ1n) is 26.3. The van der Waals surface area contributed by atoms with E-state index in [2.05, 4.69) is 95.3 Å². The molecular formula is C61H66Cl3N13O4. The van der Waals surface area contributed by atoms with Gasteiger partial charge in [-0.3, -0.25) is 19.2 Å². The Morgan fingerprint density at radius 2 is 1.04 bits per heavy atom. The number of hydrogen-bond donors (Lipinski definition) is 8. The second-order valence-corrected chi connectivity index (χ2v) is 21.9. The number of aromatic amines is 2. The van der Waals surface area contributed by atoms with Gasteiger partial charge in [-0.25, -0.2) is 19.9 Å². The van der Waals surface area contributed by atoms with Crippen LogP contribution in [-0.2, 0) is 19.2 Å². The highest BCUT2D eigenvalue weighted by Gasteiger charge is 2.72. The summed E-state index contributed by atoms with van der Waals surface area (Å²) in [6.07, 6.45) is 13.5. The minimum atomic E-state index is -0.509. The Morgan fingerprint density at radius 3 is 1.42 bits per heavy atom. The number of aromatic nitrogens is 6. The van der Waals surface area contributed by atoms with Gasteiger partial charge in [0.25, 0.3) is 0 Å². The third-order valence-corrected chi connectivity index (χ3v) is 15.8. The van der Waals surface area contributed by atoms with E-state index >= 15 is 0 Å². The topological polar surface area (TPSA) is 241 Å². The van der Waals surface area contributed by atoms with Crippen LogP contribution in [0.15, 0.2) is 147 Å². The van der Waals surface area contributed by atoms with E-state index in [9.17, 15) is 19.2 Å². The van der Waals surface area contributed by atoms with Crippen LogP contribution in [0.4, 0.5) is 34.6 Å². The number of amides is 3. The first kappa shape index (κ1) is 59.2. The molecule has 20 heteroatoms. The molecule has 6 aliphatic rings. The van der Waals surface area contributed by atoms with E-state index in [4.69, 9.17) is 40.5 Å². The molecule has 4 heterocycles. The second-order valence-electron chi connectivity index (χ2n) is 20.7. The lowest BCUT2D eigenvalue weighted by atomic mass is 9.39. The number of allylic oxidation sites excluding steroid dienone is 1. The van der Waals surface area contributed by atoms with Gasteiger partial charge in [-0.15, -0.1) is 0 Å². The van der Waals surface area contributed by atoms with Crippen LogP contribution in [0.1, 0.15) is 66.7 Å². The predicted octanol–water partition coefficient (Wildman–Crippen LogP) is 12.9. The molecule has 81 heavy (non-hydrogen) atoms. The number of benzene rings is 4. The molecular weight excluding hydrogens is 1090 g/mol. The molecule has 420 valence electrons. The molecule has 6 saturated carbocycles.